The molecule has 0 aliphatic carbocycles. The maximum absolute atomic E-state index is 13.9. The molecule has 0 radical (unpaired) electrons. The summed E-state index contributed by atoms with van der Waals surface area (Å²) >= 11 is 1.27. The van der Waals surface area contributed by atoms with E-state index in [1.807, 2.05) is 12.1 Å². The third-order valence-electron chi connectivity index (χ3n) is 5.74. The van der Waals surface area contributed by atoms with Crippen LogP contribution >= 0.6 is 11.8 Å². The molecule has 1 aliphatic rings. The molecule has 0 fully saturated rings. The summed E-state index contributed by atoms with van der Waals surface area (Å²) in [6.45, 7) is 4.62. The monoisotopic (exact) mass is 525 g/mol. The summed E-state index contributed by atoms with van der Waals surface area (Å²) in [7, 11) is -3.52. The number of benzene rings is 2. The van der Waals surface area contributed by atoms with E-state index in [2.05, 4.69) is 29.1 Å². The van der Waals surface area contributed by atoms with Gasteiger partial charge in [-0.15, -0.1) is 0 Å². The third kappa shape index (κ3) is 8.28. The Balaban J connectivity index is 1.76. The van der Waals surface area contributed by atoms with Gasteiger partial charge in [0.15, 0.2) is 0 Å². The van der Waals surface area contributed by atoms with Crippen LogP contribution in [-0.4, -0.2) is 48.4 Å². The summed E-state index contributed by atoms with van der Waals surface area (Å²) in [5.41, 5.74) is 2.02. The minimum absolute atomic E-state index is 0.0153. The maximum atomic E-state index is 13.9. The molecule has 3 N–H and O–H groups in total. The molecule has 2 aromatic carbocycles. The van der Waals surface area contributed by atoms with Gasteiger partial charge in [-0.3, -0.25) is 0 Å². The predicted molar refractivity (Wildman–Crippen MR) is 137 cm³/mol. The Morgan fingerprint density at radius 1 is 1.09 bits per heavy atom. The minimum atomic E-state index is -3.52. The van der Waals surface area contributed by atoms with Gasteiger partial charge in [-0.05, 0) is 53.5 Å². The number of nitrogens with zero attached hydrogens (tertiary/aromatic N) is 1. The molecular formula is C25H33F2N3O3S2. The Morgan fingerprint density at radius 3 is 2.49 bits per heavy atom. The van der Waals surface area contributed by atoms with Gasteiger partial charge in [0.05, 0.1) is 17.9 Å². The number of aliphatic hydroxyl groups excluding tert-OH is 1. The highest BCUT2D eigenvalue weighted by molar-refractivity contribution is 8.03. The average Bonchev–Trinajstić information content (AvgIpc) is 3.23. The molecule has 2 aromatic rings. The Morgan fingerprint density at radius 2 is 1.80 bits per heavy atom. The number of aryl methyl sites for hydroxylation is 1. The van der Waals surface area contributed by atoms with Gasteiger partial charge in [-0.2, -0.15) is 4.72 Å². The van der Waals surface area contributed by atoms with Gasteiger partial charge in [0.2, 0.25) is 10.0 Å². The van der Waals surface area contributed by atoms with Crippen LogP contribution < -0.4 is 10.0 Å². The highest BCUT2D eigenvalue weighted by Gasteiger charge is 2.34. The van der Waals surface area contributed by atoms with Gasteiger partial charge in [-0.1, -0.05) is 49.9 Å². The van der Waals surface area contributed by atoms with Gasteiger partial charge < -0.3 is 15.3 Å². The van der Waals surface area contributed by atoms with Crippen molar-refractivity contribution in [2.75, 3.05) is 12.3 Å². The van der Waals surface area contributed by atoms with Crippen LogP contribution in [0.5, 0.6) is 0 Å². The first-order chi connectivity index (χ1) is 16.7. The number of aliphatic hydroxyl groups is 1. The topological polar surface area (TPSA) is 81.7 Å². The van der Waals surface area contributed by atoms with E-state index in [0.717, 1.165) is 18.1 Å². The number of sulfonamides is 1. The molecule has 1 unspecified atom stereocenters. The smallest absolute Gasteiger partial charge is 0.214 e. The van der Waals surface area contributed by atoms with Crippen LogP contribution in [0.3, 0.4) is 0 Å². The van der Waals surface area contributed by atoms with Gasteiger partial charge in [-0.25, -0.2) is 17.2 Å². The molecule has 0 aromatic heterocycles. The SMILES string of the molecule is CCCS(=O)(=O)NC1SC=CN1[C@@H](Cc1cc(F)cc(F)c1)[C@H](O)CNCc1cccc(CC)c1. The Hall–Kier alpha value is -1.98. The normalized spacial score (nSPS) is 17.6. The van der Waals surface area contributed by atoms with E-state index in [1.54, 1.807) is 23.4 Å². The van der Waals surface area contributed by atoms with Crippen molar-refractivity contribution in [1.82, 2.24) is 14.9 Å². The van der Waals surface area contributed by atoms with E-state index < -0.39 is 39.3 Å². The number of hydrogen-bond donors (Lipinski definition) is 3. The number of thioether (sulfide) groups is 1. The Kier molecular flexibility index (Phi) is 10.1. The average molecular weight is 526 g/mol. The van der Waals surface area contributed by atoms with Crippen LogP contribution in [0.2, 0.25) is 0 Å². The van der Waals surface area contributed by atoms with Crippen LogP contribution in [0.25, 0.3) is 0 Å². The first-order valence-electron chi connectivity index (χ1n) is 11.7. The van der Waals surface area contributed by atoms with E-state index in [0.29, 0.717) is 18.5 Å². The summed E-state index contributed by atoms with van der Waals surface area (Å²) in [5.74, 6) is -1.42. The molecule has 3 atom stereocenters. The Bertz CT molecular complexity index is 1090. The molecule has 0 bridgehead atoms. The van der Waals surface area contributed by atoms with Crippen molar-refractivity contribution >= 4 is 21.8 Å². The van der Waals surface area contributed by atoms with E-state index in [4.69, 9.17) is 0 Å². The van der Waals surface area contributed by atoms with Gasteiger partial charge in [0, 0.05) is 25.4 Å². The molecule has 1 heterocycles. The second-order valence-corrected chi connectivity index (χ2v) is 11.4. The number of hydrogen-bond acceptors (Lipinski definition) is 6. The van der Waals surface area contributed by atoms with E-state index in [-0.39, 0.29) is 18.7 Å². The van der Waals surface area contributed by atoms with Crippen molar-refractivity contribution in [3.05, 3.63) is 82.4 Å². The number of nitrogens with one attached hydrogen (secondary N) is 2. The summed E-state index contributed by atoms with van der Waals surface area (Å²) in [6, 6.07) is 10.8. The van der Waals surface area contributed by atoms with Crippen LogP contribution in [-0.2, 0) is 29.4 Å². The highest BCUT2D eigenvalue weighted by Crippen LogP contribution is 2.29. The van der Waals surface area contributed by atoms with Crippen LogP contribution in [0.4, 0.5) is 8.78 Å². The standard InChI is InChI=1S/C25H33F2N3O3S2/c1-3-10-35(32,33)29-25-30(8-9-34-25)23(14-20-12-21(26)15-22(27)13-20)24(31)17-28-16-19-7-5-6-18(4-2)11-19/h5-9,11-13,15,23-25,28-29,31H,3-4,10,14,16-17H2,1-2H3/t23-,24+,25?/m0/s1. The zero-order valence-corrected chi connectivity index (χ0v) is 21.6. The second kappa shape index (κ2) is 12.8. The lowest BCUT2D eigenvalue weighted by atomic mass is 9.99. The van der Waals surface area contributed by atoms with E-state index in [9.17, 15) is 22.3 Å². The molecule has 3 rings (SSSR count). The van der Waals surface area contributed by atoms with Gasteiger partial charge >= 0.3 is 0 Å². The van der Waals surface area contributed by atoms with Gasteiger partial charge in [0.25, 0.3) is 0 Å². The van der Waals surface area contributed by atoms with Crippen molar-refractivity contribution in [1.29, 1.82) is 0 Å². The van der Waals surface area contributed by atoms with Gasteiger partial charge in [0.1, 0.15) is 17.1 Å². The zero-order valence-electron chi connectivity index (χ0n) is 20.0. The fraction of sp³-hybridized carbons (Fsp3) is 0.440. The van der Waals surface area contributed by atoms with E-state index in [1.165, 1.54) is 29.5 Å². The fourth-order valence-corrected chi connectivity index (χ4v) is 6.53. The summed E-state index contributed by atoms with van der Waals surface area (Å²) in [4.78, 5) is 1.71. The molecule has 0 saturated carbocycles. The third-order valence-corrected chi connectivity index (χ3v) is 8.32. The molecule has 192 valence electrons. The number of rotatable bonds is 13. The predicted octanol–water partition coefficient (Wildman–Crippen LogP) is 3.72. The summed E-state index contributed by atoms with van der Waals surface area (Å²) in [5, 5.41) is 16.2. The second-order valence-electron chi connectivity index (χ2n) is 8.58. The van der Waals surface area contributed by atoms with Crippen molar-refractivity contribution in [3.8, 4) is 0 Å². The molecule has 1 aliphatic heterocycles. The first kappa shape index (κ1) is 27.6. The summed E-state index contributed by atoms with van der Waals surface area (Å²) < 4.78 is 55.2. The van der Waals surface area contributed by atoms with Crippen LogP contribution in [0.15, 0.2) is 54.1 Å². The lowest BCUT2D eigenvalue weighted by Gasteiger charge is -2.36. The maximum Gasteiger partial charge on any atom is 0.214 e. The molecule has 0 spiro atoms. The zero-order chi connectivity index (χ0) is 25.4. The van der Waals surface area contributed by atoms with Crippen molar-refractivity contribution in [2.24, 2.45) is 0 Å². The molecule has 6 nitrogen and oxygen atoms in total. The number of halogens is 2. The lowest BCUT2D eigenvalue weighted by molar-refractivity contribution is 0.0679. The fourth-order valence-electron chi connectivity index (χ4n) is 4.05. The summed E-state index contributed by atoms with van der Waals surface area (Å²) in [6.07, 6.45) is 2.28. The highest BCUT2D eigenvalue weighted by atomic mass is 32.2. The van der Waals surface area contributed by atoms with Crippen molar-refractivity contribution < 1.29 is 22.3 Å². The first-order valence-corrected chi connectivity index (χ1v) is 14.3. The van der Waals surface area contributed by atoms with Crippen molar-refractivity contribution in [2.45, 2.75) is 57.3 Å². The Labute approximate surface area is 210 Å². The quantitative estimate of drug-likeness (QED) is 0.370. The minimum Gasteiger partial charge on any atom is -0.390 e. The molecule has 0 amide bonds. The van der Waals surface area contributed by atoms with Crippen molar-refractivity contribution in [3.63, 3.8) is 0 Å². The molecule has 10 heteroatoms. The molecular weight excluding hydrogens is 492 g/mol. The molecule has 0 saturated heterocycles. The molecule has 35 heavy (non-hydrogen) atoms. The lowest BCUT2D eigenvalue weighted by Crippen LogP contribution is -2.53. The van der Waals surface area contributed by atoms with Crippen LogP contribution in [0, 0.1) is 11.6 Å². The van der Waals surface area contributed by atoms with Crippen LogP contribution in [0.1, 0.15) is 37.0 Å². The van der Waals surface area contributed by atoms with E-state index >= 15 is 0 Å². The largest absolute Gasteiger partial charge is 0.390 e.